The average Bonchev–Trinajstić information content (AvgIpc) is 2.84. The number of methoxy groups -OCH3 is 1. The molecule has 3 rings (SSSR count). The van der Waals surface area contributed by atoms with Gasteiger partial charge in [0.15, 0.2) is 0 Å². The first kappa shape index (κ1) is 29.2. The van der Waals surface area contributed by atoms with Crippen LogP contribution in [0.25, 0.3) is 0 Å². The van der Waals surface area contributed by atoms with Crippen LogP contribution in [0.3, 0.4) is 0 Å². The molecule has 2 aromatic carbocycles. The molecule has 1 amide bonds. The van der Waals surface area contributed by atoms with E-state index in [4.69, 9.17) is 4.74 Å². The molecule has 0 radical (unpaired) electrons. The van der Waals surface area contributed by atoms with Crippen LogP contribution in [0.1, 0.15) is 43.2 Å². The van der Waals surface area contributed by atoms with E-state index in [9.17, 15) is 4.79 Å². The van der Waals surface area contributed by atoms with Crippen LogP contribution in [-0.2, 0) is 10.3 Å². The molecule has 2 atom stereocenters. The number of amides is 1. The van der Waals surface area contributed by atoms with Gasteiger partial charge in [-0.15, -0.1) is 24.8 Å². The van der Waals surface area contributed by atoms with Gasteiger partial charge in [-0.05, 0) is 62.5 Å². The number of hydrogen-bond acceptors (Lipinski definition) is 4. The Morgan fingerprint density at radius 2 is 1.64 bits per heavy atom. The Bertz CT molecular complexity index is 825. The van der Waals surface area contributed by atoms with Crippen LogP contribution in [-0.4, -0.2) is 51.6 Å². The molecule has 33 heavy (non-hydrogen) atoms. The van der Waals surface area contributed by atoms with Gasteiger partial charge in [-0.1, -0.05) is 49.4 Å². The molecule has 1 fully saturated rings. The first-order valence-corrected chi connectivity index (χ1v) is 11.4. The maximum Gasteiger partial charge on any atom is 0.227 e. The highest BCUT2D eigenvalue weighted by molar-refractivity contribution is 5.85. The largest absolute Gasteiger partial charge is 0.497 e. The molecule has 0 saturated carbocycles. The SMILES string of the molecule is CCC(c1ccccc1)C(CNC)C(=O)N1CCC(NC)(c2ccc(OC)cc2)CC1.Cl.Cl. The Labute approximate surface area is 211 Å². The summed E-state index contributed by atoms with van der Waals surface area (Å²) < 4.78 is 5.31. The zero-order valence-electron chi connectivity index (χ0n) is 20.2. The summed E-state index contributed by atoms with van der Waals surface area (Å²) in [6.07, 6.45) is 2.74. The van der Waals surface area contributed by atoms with Crippen LogP contribution in [0.2, 0.25) is 0 Å². The quantitative estimate of drug-likeness (QED) is 0.533. The number of carbonyl (C=O) groups excluding carboxylic acids is 1. The lowest BCUT2D eigenvalue weighted by atomic mass is 9.79. The maximum absolute atomic E-state index is 13.6. The van der Waals surface area contributed by atoms with Crippen molar-refractivity contribution in [3.05, 3.63) is 65.7 Å². The van der Waals surface area contributed by atoms with Gasteiger partial charge >= 0.3 is 0 Å². The molecule has 0 bridgehead atoms. The van der Waals surface area contributed by atoms with Crippen molar-refractivity contribution in [2.75, 3.05) is 40.8 Å². The third-order valence-electron chi connectivity index (χ3n) is 6.94. The van der Waals surface area contributed by atoms with Crippen LogP contribution >= 0.6 is 24.8 Å². The van der Waals surface area contributed by atoms with Crippen LogP contribution < -0.4 is 15.4 Å². The van der Waals surface area contributed by atoms with Crippen LogP contribution in [0.4, 0.5) is 0 Å². The van der Waals surface area contributed by atoms with Crippen molar-refractivity contribution in [3.63, 3.8) is 0 Å². The van der Waals surface area contributed by atoms with Crippen molar-refractivity contribution in [1.82, 2.24) is 15.5 Å². The van der Waals surface area contributed by atoms with Crippen LogP contribution in [0.5, 0.6) is 5.75 Å². The highest BCUT2D eigenvalue weighted by atomic mass is 35.5. The fraction of sp³-hybridized carbons (Fsp3) is 0.500. The number of nitrogens with one attached hydrogen (secondary N) is 2. The predicted molar refractivity (Wildman–Crippen MR) is 141 cm³/mol. The van der Waals surface area contributed by atoms with E-state index in [1.165, 1.54) is 11.1 Å². The van der Waals surface area contributed by atoms with Crippen LogP contribution in [0.15, 0.2) is 54.6 Å². The molecule has 7 heteroatoms. The van der Waals surface area contributed by atoms with Crippen LogP contribution in [0, 0.1) is 5.92 Å². The molecule has 1 saturated heterocycles. The summed E-state index contributed by atoms with van der Waals surface area (Å²) >= 11 is 0. The van der Waals surface area contributed by atoms with Gasteiger partial charge < -0.3 is 20.3 Å². The monoisotopic (exact) mass is 495 g/mol. The fourth-order valence-corrected chi connectivity index (χ4v) is 5.01. The number of hydrogen-bond donors (Lipinski definition) is 2. The Hall–Kier alpha value is -1.79. The van der Waals surface area contributed by atoms with E-state index < -0.39 is 0 Å². The second-order valence-corrected chi connectivity index (χ2v) is 8.48. The maximum atomic E-state index is 13.6. The smallest absolute Gasteiger partial charge is 0.227 e. The summed E-state index contributed by atoms with van der Waals surface area (Å²) in [4.78, 5) is 15.7. The number of carbonyl (C=O) groups is 1. The highest BCUT2D eigenvalue weighted by Crippen LogP contribution is 2.36. The first-order valence-electron chi connectivity index (χ1n) is 11.4. The van der Waals surface area contributed by atoms with E-state index in [0.717, 1.165) is 38.1 Å². The summed E-state index contributed by atoms with van der Waals surface area (Å²) in [5.41, 5.74) is 2.40. The molecular weight excluding hydrogens is 457 g/mol. The molecular formula is C26H39Cl2N3O2. The lowest BCUT2D eigenvalue weighted by Gasteiger charge is -2.43. The van der Waals surface area contributed by atoms with Gasteiger partial charge in [0, 0.05) is 25.2 Å². The van der Waals surface area contributed by atoms with E-state index in [-0.39, 0.29) is 48.1 Å². The van der Waals surface area contributed by atoms with E-state index in [1.807, 2.05) is 32.3 Å². The predicted octanol–water partition coefficient (Wildman–Crippen LogP) is 4.61. The summed E-state index contributed by atoms with van der Waals surface area (Å²) in [5.74, 6) is 1.30. The van der Waals surface area contributed by atoms with Crippen molar-refractivity contribution < 1.29 is 9.53 Å². The third-order valence-corrected chi connectivity index (χ3v) is 6.94. The molecule has 184 valence electrons. The molecule has 0 aliphatic carbocycles. The molecule has 2 N–H and O–H groups in total. The van der Waals surface area contributed by atoms with Gasteiger partial charge in [-0.2, -0.15) is 0 Å². The molecule has 1 heterocycles. The number of benzene rings is 2. The lowest BCUT2D eigenvalue weighted by molar-refractivity contribution is -0.138. The number of likely N-dealkylation sites (tertiary alicyclic amines) is 1. The Kier molecular flexibility index (Phi) is 12.2. The number of nitrogens with zero attached hydrogens (tertiary/aromatic N) is 1. The third kappa shape index (κ3) is 6.63. The van der Waals surface area contributed by atoms with Crippen molar-refractivity contribution in [2.45, 2.75) is 37.6 Å². The first-order chi connectivity index (χ1) is 15.1. The lowest BCUT2D eigenvalue weighted by Crippen LogP contribution is -2.53. The Morgan fingerprint density at radius 1 is 1.03 bits per heavy atom. The van der Waals surface area contributed by atoms with Gasteiger partial charge in [0.25, 0.3) is 0 Å². The van der Waals surface area contributed by atoms with Gasteiger partial charge in [0.05, 0.1) is 13.0 Å². The van der Waals surface area contributed by atoms with E-state index >= 15 is 0 Å². The zero-order valence-corrected chi connectivity index (χ0v) is 21.8. The van der Waals surface area contributed by atoms with E-state index in [1.54, 1.807) is 7.11 Å². The Morgan fingerprint density at radius 3 is 2.12 bits per heavy atom. The van der Waals surface area contributed by atoms with E-state index in [2.05, 4.69) is 58.9 Å². The molecule has 2 aromatic rings. The number of rotatable bonds is 9. The summed E-state index contributed by atoms with van der Waals surface area (Å²) in [5, 5.41) is 6.82. The molecule has 0 spiro atoms. The van der Waals surface area contributed by atoms with Crippen molar-refractivity contribution in [2.24, 2.45) is 5.92 Å². The Balaban J connectivity index is 0.00000272. The fourth-order valence-electron chi connectivity index (χ4n) is 5.01. The highest BCUT2D eigenvalue weighted by Gasteiger charge is 2.39. The summed E-state index contributed by atoms with van der Waals surface area (Å²) in [7, 11) is 5.64. The van der Waals surface area contributed by atoms with Gasteiger partial charge in [-0.25, -0.2) is 0 Å². The number of piperidine rings is 1. The van der Waals surface area contributed by atoms with E-state index in [0.29, 0.717) is 6.54 Å². The second kappa shape index (κ2) is 13.8. The van der Waals surface area contributed by atoms with Gasteiger partial charge in [0.2, 0.25) is 5.91 Å². The zero-order chi connectivity index (χ0) is 22.3. The minimum Gasteiger partial charge on any atom is -0.497 e. The van der Waals surface area contributed by atoms with Crippen molar-refractivity contribution >= 4 is 30.7 Å². The normalized spacial score (nSPS) is 16.7. The molecule has 5 nitrogen and oxygen atoms in total. The minimum absolute atomic E-state index is 0. The van der Waals surface area contributed by atoms with Gasteiger partial charge in [0.1, 0.15) is 5.75 Å². The standard InChI is InChI=1S/C26H37N3O2.2ClH/c1-5-23(20-9-7-6-8-10-20)24(19-27-2)25(30)29-17-15-26(28-3,16-18-29)21-11-13-22(31-4)14-12-21;;/h6-14,23-24,27-28H,5,15-19H2,1-4H3;2*1H. The molecule has 1 aliphatic heterocycles. The summed E-state index contributed by atoms with van der Waals surface area (Å²) in [6, 6.07) is 18.8. The number of halogens is 2. The minimum atomic E-state index is -0.106. The van der Waals surface area contributed by atoms with Crippen molar-refractivity contribution in [3.8, 4) is 5.75 Å². The summed E-state index contributed by atoms with van der Waals surface area (Å²) in [6.45, 7) is 4.40. The topological polar surface area (TPSA) is 53.6 Å². The molecule has 1 aliphatic rings. The molecule has 2 unspecified atom stereocenters. The second-order valence-electron chi connectivity index (χ2n) is 8.48. The van der Waals surface area contributed by atoms with Crippen molar-refractivity contribution in [1.29, 1.82) is 0 Å². The van der Waals surface area contributed by atoms with Gasteiger partial charge in [-0.3, -0.25) is 4.79 Å². The number of ether oxygens (including phenoxy) is 1. The average molecular weight is 497 g/mol. The molecule has 0 aromatic heterocycles.